The molecule has 102 valence electrons. The Morgan fingerprint density at radius 3 is 3.00 bits per heavy atom. The average Bonchev–Trinajstić information content (AvgIpc) is 2.95. The molecule has 19 heavy (non-hydrogen) atoms. The van der Waals surface area contributed by atoms with Crippen molar-refractivity contribution < 1.29 is 14.6 Å². The number of para-hydroxylation sites is 1. The van der Waals surface area contributed by atoms with Gasteiger partial charge in [0, 0.05) is 31.2 Å². The Morgan fingerprint density at radius 1 is 1.37 bits per heavy atom. The molecule has 1 aromatic carbocycles. The Hall–Kier alpha value is -1.55. The zero-order valence-corrected chi connectivity index (χ0v) is 10.9. The third kappa shape index (κ3) is 2.32. The summed E-state index contributed by atoms with van der Waals surface area (Å²) >= 11 is 0. The summed E-state index contributed by atoms with van der Waals surface area (Å²) in [6.45, 7) is 2.23. The number of amides is 1. The number of benzene rings is 1. The van der Waals surface area contributed by atoms with Gasteiger partial charge in [-0.1, -0.05) is 18.2 Å². The van der Waals surface area contributed by atoms with E-state index in [1.807, 2.05) is 29.2 Å². The van der Waals surface area contributed by atoms with Crippen LogP contribution in [0.4, 0.5) is 0 Å². The Morgan fingerprint density at radius 2 is 2.21 bits per heavy atom. The number of ether oxygens (including phenoxy) is 1. The highest BCUT2D eigenvalue weighted by atomic mass is 16.5. The van der Waals surface area contributed by atoms with Crippen molar-refractivity contribution in [2.45, 2.75) is 18.8 Å². The van der Waals surface area contributed by atoms with Gasteiger partial charge in [0.25, 0.3) is 0 Å². The maximum absolute atomic E-state index is 12.6. The fraction of sp³-hybridized carbons (Fsp3) is 0.533. The lowest BCUT2D eigenvalue weighted by Gasteiger charge is -2.28. The SMILES string of the molecule is O=C(C1CCOc2ccccc21)N1CCC(CO)C1. The van der Waals surface area contributed by atoms with Crippen molar-refractivity contribution in [2.75, 3.05) is 26.3 Å². The summed E-state index contributed by atoms with van der Waals surface area (Å²) in [5.74, 6) is 1.19. The number of aliphatic hydroxyl groups is 1. The van der Waals surface area contributed by atoms with Crippen molar-refractivity contribution in [3.05, 3.63) is 29.8 Å². The molecule has 1 aromatic rings. The second kappa shape index (κ2) is 5.21. The summed E-state index contributed by atoms with van der Waals surface area (Å²) in [6, 6.07) is 7.80. The van der Waals surface area contributed by atoms with E-state index >= 15 is 0 Å². The number of nitrogens with zero attached hydrogens (tertiary/aromatic N) is 1. The van der Waals surface area contributed by atoms with Crippen LogP contribution in [0.3, 0.4) is 0 Å². The van der Waals surface area contributed by atoms with Crippen LogP contribution in [-0.2, 0) is 4.79 Å². The zero-order valence-electron chi connectivity index (χ0n) is 10.9. The fourth-order valence-corrected chi connectivity index (χ4v) is 3.00. The van der Waals surface area contributed by atoms with Crippen molar-refractivity contribution in [2.24, 2.45) is 5.92 Å². The maximum atomic E-state index is 12.6. The van der Waals surface area contributed by atoms with E-state index in [0.29, 0.717) is 13.2 Å². The van der Waals surface area contributed by atoms with Crippen molar-refractivity contribution in [3.63, 3.8) is 0 Å². The minimum atomic E-state index is -0.0811. The predicted molar refractivity (Wildman–Crippen MR) is 71.1 cm³/mol. The Kier molecular flexibility index (Phi) is 3.42. The van der Waals surface area contributed by atoms with Crippen molar-refractivity contribution in [1.29, 1.82) is 0 Å². The summed E-state index contributed by atoms with van der Waals surface area (Å²) in [5, 5.41) is 9.18. The first-order valence-corrected chi connectivity index (χ1v) is 6.91. The van der Waals surface area contributed by atoms with Crippen LogP contribution in [0.5, 0.6) is 5.75 Å². The Bertz CT molecular complexity index is 474. The van der Waals surface area contributed by atoms with Crippen LogP contribution in [0.2, 0.25) is 0 Å². The number of hydrogen-bond acceptors (Lipinski definition) is 3. The van der Waals surface area contributed by atoms with Gasteiger partial charge in [0.2, 0.25) is 5.91 Å². The summed E-state index contributed by atoms with van der Waals surface area (Å²) in [6.07, 6.45) is 1.66. The average molecular weight is 261 g/mol. The monoisotopic (exact) mass is 261 g/mol. The molecule has 1 N–H and O–H groups in total. The standard InChI is InChI=1S/C15H19NO3/c17-10-11-5-7-16(9-11)15(18)13-6-8-19-14-4-2-1-3-12(13)14/h1-4,11,13,17H,5-10H2. The topological polar surface area (TPSA) is 49.8 Å². The minimum Gasteiger partial charge on any atom is -0.493 e. The van der Waals surface area contributed by atoms with Gasteiger partial charge < -0.3 is 14.7 Å². The van der Waals surface area contributed by atoms with Crippen LogP contribution in [0.15, 0.2) is 24.3 Å². The van der Waals surface area contributed by atoms with Gasteiger partial charge in [-0.15, -0.1) is 0 Å². The van der Waals surface area contributed by atoms with E-state index in [2.05, 4.69) is 0 Å². The van der Waals surface area contributed by atoms with Gasteiger partial charge in [0.1, 0.15) is 5.75 Å². The first-order chi connectivity index (χ1) is 9.29. The lowest BCUT2D eigenvalue weighted by Crippen LogP contribution is -2.35. The predicted octanol–water partition coefficient (Wildman–Crippen LogP) is 1.39. The fourth-order valence-electron chi connectivity index (χ4n) is 3.00. The minimum absolute atomic E-state index is 0.0811. The number of fused-ring (bicyclic) bond motifs is 1. The van der Waals surface area contributed by atoms with E-state index in [4.69, 9.17) is 4.74 Å². The van der Waals surface area contributed by atoms with Crippen molar-refractivity contribution >= 4 is 5.91 Å². The number of carbonyl (C=O) groups is 1. The summed E-state index contributed by atoms with van der Waals surface area (Å²) in [4.78, 5) is 14.5. The quantitative estimate of drug-likeness (QED) is 0.875. The smallest absolute Gasteiger partial charge is 0.230 e. The molecule has 2 unspecified atom stereocenters. The van der Waals surface area contributed by atoms with Gasteiger partial charge in [-0.25, -0.2) is 0 Å². The van der Waals surface area contributed by atoms with Crippen LogP contribution in [0, 0.1) is 5.92 Å². The number of carbonyl (C=O) groups excluding carboxylic acids is 1. The lowest BCUT2D eigenvalue weighted by molar-refractivity contribution is -0.132. The highest BCUT2D eigenvalue weighted by Crippen LogP contribution is 2.35. The largest absolute Gasteiger partial charge is 0.493 e. The first kappa shape index (κ1) is 12.5. The Labute approximate surface area is 113 Å². The number of rotatable bonds is 2. The van der Waals surface area contributed by atoms with Gasteiger partial charge >= 0.3 is 0 Å². The molecule has 0 bridgehead atoms. The van der Waals surface area contributed by atoms with Gasteiger partial charge in [0.05, 0.1) is 12.5 Å². The Balaban J connectivity index is 1.78. The van der Waals surface area contributed by atoms with Gasteiger partial charge in [-0.05, 0) is 18.9 Å². The van der Waals surface area contributed by atoms with E-state index in [9.17, 15) is 9.90 Å². The van der Waals surface area contributed by atoms with E-state index in [0.717, 1.165) is 30.7 Å². The van der Waals surface area contributed by atoms with E-state index < -0.39 is 0 Å². The first-order valence-electron chi connectivity index (χ1n) is 6.91. The molecule has 0 spiro atoms. The highest BCUT2D eigenvalue weighted by molar-refractivity contribution is 5.85. The van der Waals surface area contributed by atoms with E-state index in [1.54, 1.807) is 0 Å². The molecule has 0 saturated carbocycles. The number of likely N-dealkylation sites (tertiary alicyclic amines) is 1. The lowest BCUT2D eigenvalue weighted by atomic mass is 9.92. The maximum Gasteiger partial charge on any atom is 0.230 e. The molecule has 2 aliphatic rings. The number of hydrogen-bond donors (Lipinski definition) is 1. The zero-order chi connectivity index (χ0) is 13.2. The molecule has 2 heterocycles. The van der Waals surface area contributed by atoms with Crippen LogP contribution < -0.4 is 4.74 Å². The normalized spacial score (nSPS) is 25.8. The molecule has 4 nitrogen and oxygen atoms in total. The second-order valence-electron chi connectivity index (χ2n) is 5.35. The van der Waals surface area contributed by atoms with Crippen molar-refractivity contribution in [1.82, 2.24) is 4.90 Å². The molecule has 1 saturated heterocycles. The molecule has 1 fully saturated rings. The highest BCUT2D eigenvalue weighted by Gasteiger charge is 2.34. The summed E-state index contributed by atoms with van der Waals surface area (Å²) in [7, 11) is 0. The van der Waals surface area contributed by atoms with Crippen LogP contribution in [-0.4, -0.2) is 42.2 Å². The van der Waals surface area contributed by atoms with Crippen LogP contribution >= 0.6 is 0 Å². The molecule has 4 heteroatoms. The number of aliphatic hydroxyl groups excluding tert-OH is 1. The summed E-state index contributed by atoms with van der Waals surface area (Å²) < 4.78 is 5.60. The van der Waals surface area contributed by atoms with Gasteiger partial charge in [0.15, 0.2) is 0 Å². The van der Waals surface area contributed by atoms with E-state index in [1.165, 1.54) is 0 Å². The molecule has 2 atom stereocenters. The third-order valence-corrected chi connectivity index (χ3v) is 4.11. The molecule has 0 aliphatic carbocycles. The van der Waals surface area contributed by atoms with Crippen LogP contribution in [0.1, 0.15) is 24.3 Å². The molecular formula is C15H19NO3. The van der Waals surface area contributed by atoms with Gasteiger partial charge in [-0.2, -0.15) is 0 Å². The molecule has 2 aliphatic heterocycles. The molecule has 1 amide bonds. The molecule has 0 aromatic heterocycles. The van der Waals surface area contributed by atoms with Crippen LogP contribution in [0.25, 0.3) is 0 Å². The van der Waals surface area contributed by atoms with E-state index in [-0.39, 0.29) is 24.3 Å². The molecular weight excluding hydrogens is 242 g/mol. The second-order valence-corrected chi connectivity index (χ2v) is 5.35. The molecule has 3 rings (SSSR count). The summed E-state index contributed by atoms with van der Waals surface area (Å²) in [5.41, 5.74) is 1.01. The molecule has 0 radical (unpaired) electrons. The van der Waals surface area contributed by atoms with Crippen molar-refractivity contribution in [3.8, 4) is 5.75 Å². The van der Waals surface area contributed by atoms with Gasteiger partial charge in [-0.3, -0.25) is 4.79 Å². The third-order valence-electron chi connectivity index (χ3n) is 4.11.